The molecule has 5 rings (SSSR count). The Balaban J connectivity index is 1.72. The second kappa shape index (κ2) is 8.96. The Morgan fingerprint density at radius 3 is 1.76 bits per heavy atom. The molecule has 1 N–H and O–H groups in total. The van der Waals surface area contributed by atoms with Gasteiger partial charge in [-0.2, -0.15) is 0 Å². The third-order valence-electron chi connectivity index (χ3n) is 7.01. The van der Waals surface area contributed by atoms with Gasteiger partial charge in [-0.15, -0.1) is 0 Å². The van der Waals surface area contributed by atoms with Crippen LogP contribution >= 0.6 is 0 Å². The molecule has 4 aromatic carbocycles. The average Bonchev–Trinajstić information content (AvgIpc) is 3.19. The van der Waals surface area contributed by atoms with E-state index in [9.17, 15) is 18.7 Å². The molecule has 2 nitrogen and oxygen atoms in total. The highest BCUT2D eigenvalue weighted by atomic mass is 19.1. The van der Waals surface area contributed by atoms with Crippen molar-refractivity contribution in [3.63, 3.8) is 0 Å². The number of hydrogen-bond donors (Lipinski definition) is 1. The summed E-state index contributed by atoms with van der Waals surface area (Å²) in [7, 11) is 0. The van der Waals surface area contributed by atoms with E-state index >= 15 is 0 Å². The largest absolute Gasteiger partial charge is 0.384 e. The van der Waals surface area contributed by atoms with Crippen LogP contribution in [-0.4, -0.2) is 10.9 Å². The average molecular weight is 455 g/mol. The Bertz CT molecular complexity index is 1270. The highest BCUT2D eigenvalue weighted by molar-refractivity contribution is 5.99. The number of carbonyl (C=O) groups is 1. The smallest absolute Gasteiger partial charge is 0.169 e. The molecule has 4 heteroatoms. The predicted molar refractivity (Wildman–Crippen MR) is 128 cm³/mol. The van der Waals surface area contributed by atoms with Crippen LogP contribution in [0.15, 0.2) is 109 Å². The molecule has 0 bridgehead atoms. The SMILES string of the molecule is O=C(c1ccc(F)cc1)C1C(c2ccccc2)C(c2ccccc2)CC1(O)c1ccc(F)cc1. The minimum absolute atomic E-state index is 0.159. The number of aliphatic hydroxyl groups is 1. The second-order valence-electron chi connectivity index (χ2n) is 8.94. The molecule has 0 spiro atoms. The van der Waals surface area contributed by atoms with Crippen LogP contribution in [0, 0.1) is 17.6 Å². The monoisotopic (exact) mass is 454 g/mol. The van der Waals surface area contributed by atoms with Gasteiger partial charge in [0.25, 0.3) is 0 Å². The van der Waals surface area contributed by atoms with E-state index in [1.54, 1.807) is 12.1 Å². The lowest BCUT2D eigenvalue weighted by Gasteiger charge is -2.32. The highest BCUT2D eigenvalue weighted by Crippen LogP contribution is 2.59. The molecule has 1 fully saturated rings. The van der Waals surface area contributed by atoms with Gasteiger partial charge in [0.2, 0.25) is 0 Å². The maximum atomic E-state index is 14.0. The Kier molecular flexibility index (Phi) is 5.84. The van der Waals surface area contributed by atoms with Crippen molar-refractivity contribution >= 4 is 5.78 Å². The van der Waals surface area contributed by atoms with Crippen molar-refractivity contribution in [2.45, 2.75) is 23.9 Å². The first-order chi connectivity index (χ1) is 16.5. The van der Waals surface area contributed by atoms with Crippen LogP contribution in [0.1, 0.15) is 45.3 Å². The summed E-state index contributed by atoms with van der Waals surface area (Å²) in [5.41, 5.74) is 1.25. The molecule has 0 aliphatic heterocycles. The molecule has 4 unspecified atom stereocenters. The van der Waals surface area contributed by atoms with E-state index in [2.05, 4.69) is 0 Å². The first-order valence-electron chi connectivity index (χ1n) is 11.4. The molecule has 0 radical (unpaired) electrons. The van der Waals surface area contributed by atoms with Gasteiger partial charge in [-0.05, 0) is 65.4 Å². The zero-order valence-electron chi connectivity index (χ0n) is 18.4. The molecule has 4 atom stereocenters. The van der Waals surface area contributed by atoms with Gasteiger partial charge in [-0.3, -0.25) is 4.79 Å². The van der Waals surface area contributed by atoms with Crippen molar-refractivity contribution in [2.24, 2.45) is 5.92 Å². The number of ketones is 1. The van der Waals surface area contributed by atoms with Crippen molar-refractivity contribution < 1.29 is 18.7 Å². The molecule has 0 aromatic heterocycles. The Hall–Kier alpha value is -3.63. The lowest BCUT2D eigenvalue weighted by atomic mass is 9.73. The van der Waals surface area contributed by atoms with Gasteiger partial charge in [0.15, 0.2) is 5.78 Å². The van der Waals surface area contributed by atoms with Gasteiger partial charge in [-0.1, -0.05) is 72.8 Å². The number of Topliss-reactive ketones (excluding diaryl/α,β-unsaturated/α-hetero) is 1. The maximum absolute atomic E-state index is 14.0. The van der Waals surface area contributed by atoms with Crippen LogP contribution in [0.5, 0.6) is 0 Å². The van der Waals surface area contributed by atoms with E-state index in [-0.39, 0.29) is 17.6 Å². The molecule has 0 amide bonds. The number of carbonyl (C=O) groups excluding carboxylic acids is 1. The van der Waals surface area contributed by atoms with Gasteiger partial charge >= 0.3 is 0 Å². The lowest BCUT2D eigenvalue weighted by molar-refractivity contribution is -0.000295. The van der Waals surface area contributed by atoms with E-state index in [0.29, 0.717) is 17.5 Å². The van der Waals surface area contributed by atoms with Gasteiger partial charge in [0.05, 0.1) is 5.92 Å². The molecular formula is C30H24F2O2. The summed E-state index contributed by atoms with van der Waals surface area (Å²) in [6.45, 7) is 0. The number of hydrogen-bond acceptors (Lipinski definition) is 2. The van der Waals surface area contributed by atoms with E-state index < -0.39 is 23.2 Å². The molecule has 1 aliphatic rings. The van der Waals surface area contributed by atoms with Gasteiger partial charge in [0, 0.05) is 11.5 Å². The maximum Gasteiger partial charge on any atom is 0.169 e. The first kappa shape index (κ1) is 22.2. The fourth-order valence-corrected chi connectivity index (χ4v) is 5.45. The van der Waals surface area contributed by atoms with E-state index in [1.165, 1.54) is 36.4 Å². The van der Waals surface area contributed by atoms with Crippen LogP contribution < -0.4 is 0 Å². The Labute approximate surface area is 197 Å². The number of rotatable bonds is 5. The molecule has 4 aromatic rings. The first-order valence-corrected chi connectivity index (χ1v) is 11.4. The van der Waals surface area contributed by atoms with Gasteiger partial charge in [0.1, 0.15) is 17.2 Å². The van der Waals surface area contributed by atoms with Crippen LogP contribution in [0.25, 0.3) is 0 Å². The molecule has 1 aliphatic carbocycles. The third kappa shape index (κ3) is 3.95. The van der Waals surface area contributed by atoms with Crippen molar-refractivity contribution in [1.29, 1.82) is 0 Å². The summed E-state index contributed by atoms with van der Waals surface area (Å²) >= 11 is 0. The fourth-order valence-electron chi connectivity index (χ4n) is 5.45. The standard InChI is InChI=1S/C30H24F2O2/c31-24-15-11-22(12-16-24)29(33)28-27(21-9-5-2-6-10-21)26(20-7-3-1-4-8-20)19-30(28,34)23-13-17-25(32)18-14-23/h1-18,26-28,34H,19H2. The number of halogens is 2. The molecule has 1 saturated carbocycles. The fraction of sp³-hybridized carbons (Fsp3) is 0.167. The molecule has 0 heterocycles. The van der Waals surface area contributed by atoms with Crippen LogP contribution in [-0.2, 0) is 5.60 Å². The summed E-state index contributed by atoms with van der Waals surface area (Å²) in [5.74, 6) is -2.45. The van der Waals surface area contributed by atoms with Crippen LogP contribution in [0.2, 0.25) is 0 Å². The highest BCUT2D eigenvalue weighted by Gasteiger charge is 2.57. The van der Waals surface area contributed by atoms with E-state index in [0.717, 1.165) is 11.1 Å². The predicted octanol–water partition coefficient (Wildman–Crippen LogP) is 6.62. The molecular weight excluding hydrogens is 430 g/mol. The summed E-state index contributed by atoms with van der Waals surface area (Å²) in [5, 5.41) is 12.2. The summed E-state index contributed by atoms with van der Waals surface area (Å²) in [6.07, 6.45) is 0.291. The second-order valence-corrected chi connectivity index (χ2v) is 8.94. The quantitative estimate of drug-likeness (QED) is 0.344. The normalized spacial score (nSPS) is 24.1. The topological polar surface area (TPSA) is 37.3 Å². The van der Waals surface area contributed by atoms with Gasteiger partial charge in [-0.25, -0.2) is 8.78 Å². The summed E-state index contributed by atoms with van der Waals surface area (Å²) < 4.78 is 27.4. The molecule has 34 heavy (non-hydrogen) atoms. The summed E-state index contributed by atoms with van der Waals surface area (Å²) in [6, 6.07) is 30.7. The van der Waals surface area contributed by atoms with Crippen LogP contribution in [0.4, 0.5) is 8.78 Å². The molecule has 0 saturated heterocycles. The summed E-state index contributed by atoms with van der Waals surface area (Å²) in [4.78, 5) is 14.0. The Morgan fingerprint density at radius 2 is 1.21 bits per heavy atom. The van der Waals surface area contributed by atoms with Crippen molar-refractivity contribution in [3.05, 3.63) is 143 Å². The van der Waals surface area contributed by atoms with Crippen molar-refractivity contribution in [1.82, 2.24) is 0 Å². The zero-order chi connectivity index (χ0) is 23.7. The van der Waals surface area contributed by atoms with Crippen LogP contribution in [0.3, 0.4) is 0 Å². The lowest BCUT2D eigenvalue weighted by Crippen LogP contribution is -2.38. The van der Waals surface area contributed by atoms with Crippen molar-refractivity contribution in [3.8, 4) is 0 Å². The van der Waals surface area contributed by atoms with E-state index in [4.69, 9.17) is 0 Å². The Morgan fingerprint density at radius 1 is 0.706 bits per heavy atom. The number of benzene rings is 4. The van der Waals surface area contributed by atoms with E-state index in [1.807, 2.05) is 60.7 Å². The minimum atomic E-state index is -1.54. The van der Waals surface area contributed by atoms with Crippen molar-refractivity contribution in [2.75, 3.05) is 0 Å². The zero-order valence-corrected chi connectivity index (χ0v) is 18.4. The molecule has 170 valence electrons. The minimum Gasteiger partial charge on any atom is -0.384 e. The third-order valence-corrected chi connectivity index (χ3v) is 7.01. The van der Waals surface area contributed by atoms with Gasteiger partial charge < -0.3 is 5.11 Å².